The van der Waals surface area contributed by atoms with Gasteiger partial charge >= 0.3 is 0 Å². The third-order valence-corrected chi connectivity index (χ3v) is 2.10. The van der Waals surface area contributed by atoms with Crippen molar-refractivity contribution in [1.82, 2.24) is 10.6 Å². The molecule has 2 aliphatic rings. The lowest BCUT2D eigenvalue weighted by atomic mass is 9.99. The summed E-state index contributed by atoms with van der Waals surface area (Å²) in [6, 6.07) is 0. The van der Waals surface area contributed by atoms with E-state index in [0.717, 1.165) is 25.9 Å². The molecule has 0 bridgehead atoms. The number of rotatable bonds is 0. The van der Waals surface area contributed by atoms with Crippen LogP contribution in [-0.4, -0.2) is 24.5 Å². The number of hydrogen-bond acceptors (Lipinski definition) is 2. The third-order valence-electron chi connectivity index (χ3n) is 2.10. The van der Waals surface area contributed by atoms with E-state index in [1.54, 1.807) is 0 Å². The van der Waals surface area contributed by atoms with Crippen LogP contribution in [0, 0.1) is 0 Å². The maximum absolute atomic E-state index is 11.0. The summed E-state index contributed by atoms with van der Waals surface area (Å²) in [7, 11) is 0. The molecular weight excluding hydrogens is 116 g/mol. The van der Waals surface area contributed by atoms with Crippen LogP contribution in [0.2, 0.25) is 0 Å². The molecule has 2 N–H and O–H groups in total. The van der Waals surface area contributed by atoms with Crippen molar-refractivity contribution in [1.29, 1.82) is 0 Å². The van der Waals surface area contributed by atoms with Gasteiger partial charge < -0.3 is 5.32 Å². The highest BCUT2D eigenvalue weighted by molar-refractivity contribution is 5.90. The number of piperidine rings is 1. The Hall–Kier alpha value is -0.570. The number of hydrogen-bond donors (Lipinski definition) is 2. The summed E-state index contributed by atoms with van der Waals surface area (Å²) < 4.78 is 0. The fraction of sp³-hybridized carbons (Fsp3) is 0.833. The van der Waals surface area contributed by atoms with Crippen molar-refractivity contribution >= 4 is 5.91 Å². The molecule has 2 saturated heterocycles. The van der Waals surface area contributed by atoms with Gasteiger partial charge in [0.1, 0.15) is 5.54 Å². The molecule has 1 spiro atoms. The van der Waals surface area contributed by atoms with Gasteiger partial charge in [0.15, 0.2) is 0 Å². The standard InChI is InChI=1S/C6H10N2O/c9-5-6(4-8-6)2-1-3-7-5/h8H,1-4H2,(H,7,9). The summed E-state index contributed by atoms with van der Waals surface area (Å²) in [6.45, 7) is 1.75. The fourth-order valence-electron chi connectivity index (χ4n) is 1.32. The van der Waals surface area contributed by atoms with E-state index >= 15 is 0 Å². The summed E-state index contributed by atoms with van der Waals surface area (Å²) in [6.07, 6.45) is 2.15. The molecule has 0 aliphatic carbocycles. The number of carbonyl (C=O) groups is 1. The Bertz CT molecular complexity index is 151. The lowest BCUT2D eigenvalue weighted by Gasteiger charge is -2.18. The molecular formula is C6H10N2O. The second kappa shape index (κ2) is 1.48. The summed E-state index contributed by atoms with van der Waals surface area (Å²) in [5.41, 5.74) is -0.113. The minimum atomic E-state index is -0.113. The van der Waals surface area contributed by atoms with E-state index in [2.05, 4.69) is 10.6 Å². The van der Waals surface area contributed by atoms with Gasteiger partial charge in [-0.2, -0.15) is 0 Å². The van der Waals surface area contributed by atoms with Crippen LogP contribution in [0.3, 0.4) is 0 Å². The predicted molar refractivity (Wildman–Crippen MR) is 33.0 cm³/mol. The maximum Gasteiger partial charge on any atom is 0.241 e. The first-order chi connectivity index (χ1) is 4.33. The highest BCUT2D eigenvalue weighted by atomic mass is 16.2. The number of carbonyl (C=O) groups excluding carboxylic acids is 1. The Balaban J connectivity index is 2.12. The fourth-order valence-corrected chi connectivity index (χ4v) is 1.32. The van der Waals surface area contributed by atoms with Gasteiger partial charge in [0, 0.05) is 13.1 Å². The zero-order chi connectivity index (χ0) is 6.32. The molecule has 2 fully saturated rings. The van der Waals surface area contributed by atoms with Gasteiger partial charge in [-0.25, -0.2) is 0 Å². The van der Waals surface area contributed by atoms with Gasteiger partial charge in [-0.3, -0.25) is 10.1 Å². The monoisotopic (exact) mass is 126 g/mol. The highest BCUT2D eigenvalue weighted by Crippen LogP contribution is 2.25. The van der Waals surface area contributed by atoms with Crippen molar-refractivity contribution < 1.29 is 4.79 Å². The van der Waals surface area contributed by atoms with Crippen molar-refractivity contribution in [3.8, 4) is 0 Å². The Labute approximate surface area is 53.8 Å². The highest BCUT2D eigenvalue weighted by Gasteiger charge is 2.50. The Morgan fingerprint density at radius 1 is 1.56 bits per heavy atom. The molecule has 0 aromatic rings. The number of nitrogens with one attached hydrogen (secondary N) is 2. The SMILES string of the molecule is O=C1NCCCC12CN2. The molecule has 1 unspecified atom stereocenters. The van der Waals surface area contributed by atoms with Gasteiger partial charge in [-0.1, -0.05) is 0 Å². The first-order valence-corrected chi connectivity index (χ1v) is 3.37. The maximum atomic E-state index is 11.0. The van der Waals surface area contributed by atoms with E-state index in [9.17, 15) is 4.79 Å². The summed E-state index contributed by atoms with van der Waals surface area (Å²) in [5, 5.41) is 5.92. The predicted octanol–water partition coefficient (Wildman–Crippen LogP) is -0.762. The molecule has 0 radical (unpaired) electrons. The number of amides is 1. The van der Waals surface area contributed by atoms with Gasteiger partial charge in [0.2, 0.25) is 5.91 Å². The average Bonchev–Trinajstić information content (AvgIpc) is 2.60. The first kappa shape index (κ1) is 5.23. The largest absolute Gasteiger partial charge is 0.354 e. The zero-order valence-corrected chi connectivity index (χ0v) is 5.24. The molecule has 2 heterocycles. The van der Waals surface area contributed by atoms with E-state index in [0.29, 0.717) is 0 Å². The van der Waals surface area contributed by atoms with Crippen molar-refractivity contribution in [2.75, 3.05) is 13.1 Å². The lowest BCUT2D eigenvalue weighted by molar-refractivity contribution is -0.124. The van der Waals surface area contributed by atoms with E-state index in [4.69, 9.17) is 0 Å². The van der Waals surface area contributed by atoms with Crippen LogP contribution in [0.15, 0.2) is 0 Å². The van der Waals surface area contributed by atoms with Gasteiger partial charge in [-0.05, 0) is 12.8 Å². The molecule has 9 heavy (non-hydrogen) atoms. The van der Waals surface area contributed by atoms with Crippen LogP contribution in [-0.2, 0) is 4.79 Å². The molecule has 50 valence electrons. The van der Waals surface area contributed by atoms with Crippen LogP contribution in [0.25, 0.3) is 0 Å². The zero-order valence-electron chi connectivity index (χ0n) is 5.24. The molecule has 1 atom stereocenters. The minimum absolute atomic E-state index is 0.113. The van der Waals surface area contributed by atoms with Crippen LogP contribution >= 0.6 is 0 Å². The summed E-state index contributed by atoms with van der Waals surface area (Å²) in [4.78, 5) is 11.0. The quantitative estimate of drug-likeness (QED) is 0.419. The van der Waals surface area contributed by atoms with Crippen LogP contribution in [0.5, 0.6) is 0 Å². The Kier molecular flexibility index (Phi) is 0.858. The third kappa shape index (κ3) is 0.645. The Morgan fingerprint density at radius 3 is 2.78 bits per heavy atom. The van der Waals surface area contributed by atoms with Crippen molar-refractivity contribution in [3.63, 3.8) is 0 Å². The molecule has 0 aromatic heterocycles. The second-order valence-electron chi connectivity index (χ2n) is 2.80. The molecule has 2 aliphatic heterocycles. The van der Waals surface area contributed by atoms with Crippen molar-refractivity contribution in [3.05, 3.63) is 0 Å². The first-order valence-electron chi connectivity index (χ1n) is 3.37. The van der Waals surface area contributed by atoms with E-state index < -0.39 is 0 Å². The van der Waals surface area contributed by atoms with Crippen molar-refractivity contribution in [2.45, 2.75) is 18.4 Å². The van der Waals surface area contributed by atoms with E-state index in [1.165, 1.54) is 0 Å². The molecule has 3 heteroatoms. The molecule has 1 amide bonds. The van der Waals surface area contributed by atoms with E-state index in [-0.39, 0.29) is 11.4 Å². The van der Waals surface area contributed by atoms with Crippen LogP contribution in [0.4, 0.5) is 0 Å². The van der Waals surface area contributed by atoms with Crippen LogP contribution < -0.4 is 10.6 Å². The van der Waals surface area contributed by atoms with Crippen molar-refractivity contribution in [2.24, 2.45) is 0 Å². The average molecular weight is 126 g/mol. The smallest absolute Gasteiger partial charge is 0.241 e. The minimum Gasteiger partial charge on any atom is -0.354 e. The van der Waals surface area contributed by atoms with Gasteiger partial charge in [0.25, 0.3) is 0 Å². The summed E-state index contributed by atoms with van der Waals surface area (Å²) >= 11 is 0. The normalized spacial score (nSPS) is 40.7. The Morgan fingerprint density at radius 2 is 2.33 bits per heavy atom. The molecule has 3 nitrogen and oxygen atoms in total. The summed E-state index contributed by atoms with van der Waals surface area (Å²) in [5.74, 6) is 0.203. The second-order valence-corrected chi connectivity index (χ2v) is 2.80. The topological polar surface area (TPSA) is 51.0 Å². The van der Waals surface area contributed by atoms with Crippen LogP contribution in [0.1, 0.15) is 12.8 Å². The van der Waals surface area contributed by atoms with E-state index in [1.807, 2.05) is 0 Å². The molecule has 2 rings (SSSR count). The van der Waals surface area contributed by atoms with Gasteiger partial charge in [0.05, 0.1) is 0 Å². The molecule has 0 saturated carbocycles. The molecule has 0 aromatic carbocycles. The van der Waals surface area contributed by atoms with Gasteiger partial charge in [-0.15, -0.1) is 0 Å². The lowest BCUT2D eigenvalue weighted by Crippen LogP contribution is -2.44.